The molecule has 1 saturated heterocycles. The molecule has 2 N–H and O–H groups in total. The Kier molecular flexibility index (Phi) is 6.52. The minimum Gasteiger partial charge on any atom is -0.395 e. The Morgan fingerprint density at radius 2 is 2.41 bits per heavy atom. The van der Waals surface area contributed by atoms with Crippen LogP contribution in [0.2, 0.25) is 5.02 Å². The fourth-order valence-corrected chi connectivity index (χ4v) is 3.59. The highest BCUT2D eigenvalue weighted by molar-refractivity contribution is 7.99. The summed E-state index contributed by atoms with van der Waals surface area (Å²) in [5.74, 6) is 1.82. The number of thioether (sulfide) groups is 1. The summed E-state index contributed by atoms with van der Waals surface area (Å²) in [7, 11) is 0. The quantitative estimate of drug-likeness (QED) is 0.857. The van der Waals surface area contributed by atoms with Gasteiger partial charge in [-0.25, -0.2) is 0 Å². The second kappa shape index (κ2) is 8.39. The molecule has 0 unspecified atom stereocenters. The highest BCUT2D eigenvalue weighted by atomic mass is 35.5. The van der Waals surface area contributed by atoms with Gasteiger partial charge in [-0.05, 0) is 18.2 Å². The van der Waals surface area contributed by atoms with Crippen LogP contribution in [0.1, 0.15) is 12.0 Å². The number of carbonyl (C=O) groups is 1. The van der Waals surface area contributed by atoms with E-state index in [9.17, 15) is 9.90 Å². The maximum absolute atomic E-state index is 12.0. The number of aliphatic hydroxyl groups is 1. The van der Waals surface area contributed by atoms with Crippen molar-refractivity contribution in [3.05, 3.63) is 28.8 Å². The third-order valence-electron chi connectivity index (χ3n) is 3.56. The van der Waals surface area contributed by atoms with Crippen molar-refractivity contribution in [2.24, 2.45) is 0 Å². The molecule has 5 nitrogen and oxygen atoms in total. The van der Waals surface area contributed by atoms with E-state index in [1.54, 1.807) is 18.2 Å². The minimum atomic E-state index is -0.110. The highest BCUT2D eigenvalue weighted by Crippen LogP contribution is 2.20. The average Bonchev–Trinajstić information content (AvgIpc) is 2.55. The molecule has 1 heterocycles. The molecule has 0 radical (unpaired) electrons. The van der Waals surface area contributed by atoms with E-state index >= 15 is 0 Å². The molecule has 0 bridgehead atoms. The van der Waals surface area contributed by atoms with Gasteiger partial charge in [-0.15, -0.1) is 0 Å². The van der Waals surface area contributed by atoms with Crippen LogP contribution in [0.5, 0.6) is 0 Å². The van der Waals surface area contributed by atoms with Gasteiger partial charge < -0.3 is 10.4 Å². The number of rotatable bonds is 5. The summed E-state index contributed by atoms with van der Waals surface area (Å²) in [6.45, 7) is 1.64. The van der Waals surface area contributed by atoms with Crippen molar-refractivity contribution < 1.29 is 9.90 Å². The van der Waals surface area contributed by atoms with Crippen LogP contribution < -0.4 is 5.32 Å². The molecule has 1 fully saturated rings. The normalized spacial score (nSPS) is 18.7. The summed E-state index contributed by atoms with van der Waals surface area (Å²) in [6, 6.07) is 6.95. The maximum atomic E-state index is 12.0. The Morgan fingerprint density at radius 3 is 3.14 bits per heavy atom. The van der Waals surface area contributed by atoms with Gasteiger partial charge in [0.2, 0.25) is 5.91 Å². The van der Waals surface area contributed by atoms with E-state index in [2.05, 4.69) is 10.2 Å². The molecular formula is C15H18ClN3O2S. The Labute approximate surface area is 139 Å². The smallest absolute Gasteiger partial charge is 0.225 e. The van der Waals surface area contributed by atoms with Gasteiger partial charge >= 0.3 is 0 Å². The van der Waals surface area contributed by atoms with Crippen LogP contribution in [0.4, 0.5) is 5.69 Å². The van der Waals surface area contributed by atoms with E-state index < -0.39 is 0 Å². The van der Waals surface area contributed by atoms with Crippen molar-refractivity contribution >= 4 is 35.0 Å². The maximum Gasteiger partial charge on any atom is 0.225 e. The zero-order valence-electron chi connectivity index (χ0n) is 12.1. The first kappa shape index (κ1) is 17.1. The molecule has 7 heteroatoms. The largest absolute Gasteiger partial charge is 0.395 e. The molecule has 1 atom stereocenters. The minimum absolute atomic E-state index is 0.110. The van der Waals surface area contributed by atoms with Crippen LogP contribution in [0, 0.1) is 11.3 Å². The molecule has 118 valence electrons. The van der Waals surface area contributed by atoms with Crippen molar-refractivity contribution in [1.82, 2.24) is 4.90 Å². The van der Waals surface area contributed by atoms with E-state index in [-0.39, 0.29) is 18.6 Å². The number of amides is 1. The Hall–Kier alpha value is -1.26. The van der Waals surface area contributed by atoms with E-state index in [1.165, 1.54) is 0 Å². The lowest BCUT2D eigenvalue weighted by molar-refractivity contribution is -0.116. The molecule has 2 rings (SSSR count). The zero-order valence-corrected chi connectivity index (χ0v) is 13.7. The topological polar surface area (TPSA) is 76.4 Å². The number of halogens is 1. The van der Waals surface area contributed by atoms with Gasteiger partial charge in [-0.3, -0.25) is 9.69 Å². The Balaban J connectivity index is 1.86. The molecule has 1 aromatic carbocycles. The molecule has 22 heavy (non-hydrogen) atoms. The number of aliphatic hydroxyl groups excluding tert-OH is 1. The van der Waals surface area contributed by atoms with E-state index in [4.69, 9.17) is 16.9 Å². The predicted molar refractivity (Wildman–Crippen MR) is 89.2 cm³/mol. The Morgan fingerprint density at radius 1 is 1.59 bits per heavy atom. The summed E-state index contributed by atoms with van der Waals surface area (Å²) in [5.41, 5.74) is 0.909. The SMILES string of the molecule is N#Cc1cc(NC(=O)CCN2CCSC[C@H]2CO)ccc1Cl. The number of carbonyl (C=O) groups excluding carboxylic acids is 1. The van der Waals surface area contributed by atoms with Crippen LogP contribution >= 0.6 is 23.4 Å². The molecule has 1 amide bonds. The first-order valence-electron chi connectivity index (χ1n) is 7.06. The number of nitriles is 1. The van der Waals surface area contributed by atoms with E-state index in [0.717, 1.165) is 18.1 Å². The number of anilines is 1. The van der Waals surface area contributed by atoms with Gasteiger partial charge in [-0.2, -0.15) is 17.0 Å². The van der Waals surface area contributed by atoms with Gasteiger partial charge in [-0.1, -0.05) is 11.6 Å². The molecular weight excluding hydrogens is 322 g/mol. The van der Waals surface area contributed by atoms with Gasteiger partial charge in [0.25, 0.3) is 0 Å². The zero-order chi connectivity index (χ0) is 15.9. The molecule has 1 aliphatic heterocycles. The molecule has 1 aliphatic rings. The number of nitrogens with zero attached hydrogens (tertiary/aromatic N) is 2. The van der Waals surface area contributed by atoms with Crippen molar-refractivity contribution in [3.63, 3.8) is 0 Å². The third kappa shape index (κ3) is 4.62. The van der Waals surface area contributed by atoms with Crippen molar-refractivity contribution in [1.29, 1.82) is 5.26 Å². The van der Waals surface area contributed by atoms with Crippen LogP contribution in [0.25, 0.3) is 0 Å². The number of nitrogens with one attached hydrogen (secondary N) is 1. The van der Waals surface area contributed by atoms with E-state index in [1.807, 2.05) is 17.8 Å². The van der Waals surface area contributed by atoms with Crippen molar-refractivity contribution in [3.8, 4) is 6.07 Å². The molecule has 1 aromatic rings. The molecule has 0 aliphatic carbocycles. The van der Waals surface area contributed by atoms with Crippen molar-refractivity contribution in [2.75, 3.05) is 36.5 Å². The Bertz CT molecular complexity index is 576. The van der Waals surface area contributed by atoms with Gasteiger partial charge in [0.05, 0.1) is 17.2 Å². The summed E-state index contributed by atoms with van der Waals surface area (Å²) in [6.07, 6.45) is 0.353. The summed E-state index contributed by atoms with van der Waals surface area (Å²) < 4.78 is 0. The lowest BCUT2D eigenvalue weighted by Gasteiger charge is -2.33. The predicted octanol–water partition coefficient (Wildman–Crippen LogP) is 1.95. The number of hydrogen-bond donors (Lipinski definition) is 2. The molecule has 0 spiro atoms. The first-order valence-corrected chi connectivity index (χ1v) is 8.59. The van der Waals surface area contributed by atoms with E-state index in [0.29, 0.717) is 29.2 Å². The lowest BCUT2D eigenvalue weighted by atomic mass is 10.2. The average molecular weight is 340 g/mol. The van der Waals surface area contributed by atoms with Crippen LogP contribution in [0.3, 0.4) is 0 Å². The number of hydrogen-bond acceptors (Lipinski definition) is 5. The summed E-state index contributed by atoms with van der Waals surface area (Å²) >= 11 is 7.69. The van der Waals surface area contributed by atoms with Gasteiger partial charge in [0.1, 0.15) is 6.07 Å². The summed E-state index contributed by atoms with van der Waals surface area (Å²) in [5, 5.41) is 21.4. The number of benzene rings is 1. The monoisotopic (exact) mass is 339 g/mol. The fraction of sp³-hybridized carbons (Fsp3) is 0.467. The fourth-order valence-electron chi connectivity index (χ4n) is 2.31. The molecule has 0 saturated carbocycles. The third-order valence-corrected chi connectivity index (χ3v) is 4.98. The van der Waals surface area contributed by atoms with Gasteiger partial charge in [0, 0.05) is 42.7 Å². The summed E-state index contributed by atoms with van der Waals surface area (Å²) in [4.78, 5) is 14.2. The molecule has 0 aromatic heterocycles. The second-order valence-corrected chi connectivity index (χ2v) is 6.61. The van der Waals surface area contributed by atoms with Gasteiger partial charge in [0.15, 0.2) is 0 Å². The van der Waals surface area contributed by atoms with Crippen LogP contribution in [-0.2, 0) is 4.79 Å². The standard InChI is InChI=1S/C15H18ClN3O2S/c16-14-2-1-12(7-11(14)8-17)18-15(21)3-4-19-5-6-22-10-13(19)9-20/h1-2,7,13,20H,3-6,9-10H2,(H,18,21)/t13-/m1/s1. The van der Waals surface area contributed by atoms with Crippen LogP contribution in [0.15, 0.2) is 18.2 Å². The second-order valence-electron chi connectivity index (χ2n) is 5.05. The lowest BCUT2D eigenvalue weighted by Crippen LogP contribution is -2.45. The van der Waals surface area contributed by atoms with Crippen molar-refractivity contribution in [2.45, 2.75) is 12.5 Å². The van der Waals surface area contributed by atoms with Crippen LogP contribution in [-0.4, -0.2) is 53.2 Å². The first-order chi connectivity index (χ1) is 10.6. The highest BCUT2D eigenvalue weighted by Gasteiger charge is 2.22.